The Balaban J connectivity index is 2.19. The molecule has 0 spiro atoms. The van der Waals surface area contributed by atoms with Crippen molar-refractivity contribution in [3.8, 4) is 0 Å². The highest BCUT2D eigenvalue weighted by Gasteiger charge is 2.41. The third kappa shape index (κ3) is 3.19. The maximum absolute atomic E-state index is 12.1. The molecule has 0 N–H and O–H groups in total. The molecule has 0 saturated carbocycles. The van der Waals surface area contributed by atoms with Crippen LogP contribution in [0.1, 0.15) is 46.3 Å². The number of aldehydes is 1. The van der Waals surface area contributed by atoms with E-state index in [9.17, 15) is 4.79 Å². The van der Waals surface area contributed by atoms with Crippen LogP contribution in [-0.4, -0.2) is 15.8 Å². The van der Waals surface area contributed by atoms with E-state index in [0.717, 1.165) is 41.5 Å². The lowest BCUT2D eigenvalue weighted by Crippen LogP contribution is -2.40. The number of hydrogen-bond donors (Lipinski definition) is 0. The molecule has 1 aromatic heterocycles. The van der Waals surface area contributed by atoms with E-state index in [2.05, 4.69) is 52.9 Å². The molecule has 3 nitrogen and oxygen atoms in total. The molecule has 0 amide bonds. The molecule has 0 atom stereocenters. The summed E-state index contributed by atoms with van der Waals surface area (Å²) in [5, 5.41) is 0. The summed E-state index contributed by atoms with van der Waals surface area (Å²) < 4.78 is 2.13. The highest BCUT2D eigenvalue weighted by molar-refractivity contribution is 5.71. The van der Waals surface area contributed by atoms with Gasteiger partial charge in [0.25, 0.3) is 0 Å². The van der Waals surface area contributed by atoms with Crippen molar-refractivity contribution in [2.75, 3.05) is 0 Å². The second-order valence-corrected chi connectivity index (χ2v) is 7.12. The van der Waals surface area contributed by atoms with Gasteiger partial charge < -0.3 is 4.57 Å². The zero-order chi connectivity index (χ0) is 20.1. The van der Waals surface area contributed by atoms with E-state index in [4.69, 9.17) is 0 Å². The van der Waals surface area contributed by atoms with Crippen molar-refractivity contribution in [2.45, 2.75) is 25.3 Å². The van der Waals surface area contributed by atoms with E-state index >= 15 is 0 Å². The number of rotatable bonds is 7. The highest BCUT2D eigenvalue weighted by atomic mass is 16.1. The number of carbonyl (C=O) groups is 1. The predicted octanol–water partition coefficient (Wildman–Crippen LogP) is 5.49. The molecule has 4 aromatic rings. The van der Waals surface area contributed by atoms with Crippen LogP contribution in [0.2, 0.25) is 0 Å². The van der Waals surface area contributed by atoms with E-state index in [1.807, 2.05) is 60.8 Å². The van der Waals surface area contributed by atoms with Gasteiger partial charge in [-0.1, -0.05) is 104 Å². The Bertz CT molecular complexity index is 973. The number of benzene rings is 3. The Hall–Kier alpha value is -3.46. The smallest absolute Gasteiger partial charge is 0.185 e. The van der Waals surface area contributed by atoms with Crippen molar-refractivity contribution in [3.05, 3.63) is 125 Å². The first-order chi connectivity index (χ1) is 14.3. The summed E-state index contributed by atoms with van der Waals surface area (Å²) in [6, 6.07) is 31.1. The summed E-state index contributed by atoms with van der Waals surface area (Å²) in [6.45, 7) is 2.15. The van der Waals surface area contributed by atoms with Crippen LogP contribution < -0.4 is 0 Å². The van der Waals surface area contributed by atoms with Gasteiger partial charge in [0.05, 0.1) is 0 Å². The largest absolute Gasteiger partial charge is 0.307 e. The molecule has 1 heterocycles. The van der Waals surface area contributed by atoms with E-state index in [1.54, 1.807) is 0 Å². The number of aryl methyl sites for hydroxylation is 1. The Morgan fingerprint density at radius 1 is 0.793 bits per heavy atom. The third-order valence-corrected chi connectivity index (χ3v) is 5.38. The van der Waals surface area contributed by atoms with Crippen LogP contribution in [0.15, 0.2) is 97.2 Å². The van der Waals surface area contributed by atoms with Crippen molar-refractivity contribution >= 4 is 6.29 Å². The maximum atomic E-state index is 12.1. The van der Waals surface area contributed by atoms with Crippen LogP contribution in [0.4, 0.5) is 0 Å². The van der Waals surface area contributed by atoms with Crippen LogP contribution in [0.5, 0.6) is 0 Å². The number of aromatic nitrogens is 2. The zero-order valence-electron chi connectivity index (χ0n) is 16.5. The Labute approximate surface area is 171 Å². The van der Waals surface area contributed by atoms with Gasteiger partial charge in [-0.05, 0) is 23.1 Å². The predicted molar refractivity (Wildman–Crippen MR) is 116 cm³/mol. The summed E-state index contributed by atoms with van der Waals surface area (Å²) in [5.41, 5.74) is 3.63. The molecule has 4 rings (SSSR count). The molecule has 3 heteroatoms. The van der Waals surface area contributed by atoms with Gasteiger partial charge in [0.2, 0.25) is 0 Å². The van der Waals surface area contributed by atoms with Crippen LogP contribution >= 0.6 is 0 Å². The summed E-state index contributed by atoms with van der Waals surface area (Å²) in [6.07, 6.45) is 4.52. The minimum atomic E-state index is -0.693. The number of nitrogens with zero attached hydrogens (tertiary/aromatic N) is 2. The normalized spacial score (nSPS) is 11.3. The summed E-state index contributed by atoms with van der Waals surface area (Å²) in [4.78, 5) is 16.6. The second kappa shape index (κ2) is 8.27. The lowest BCUT2D eigenvalue weighted by molar-refractivity contribution is 0.110. The number of imidazole rings is 1. The van der Waals surface area contributed by atoms with Crippen LogP contribution in [0, 0.1) is 0 Å². The molecule has 29 heavy (non-hydrogen) atoms. The molecule has 3 aromatic carbocycles. The number of carbonyl (C=O) groups excluding carboxylic acids is 1. The Morgan fingerprint density at radius 3 is 1.62 bits per heavy atom. The van der Waals surface area contributed by atoms with Crippen molar-refractivity contribution in [2.24, 2.45) is 0 Å². The minimum Gasteiger partial charge on any atom is -0.307 e. The molecular formula is C26H24N2O. The first kappa shape index (κ1) is 18.9. The summed E-state index contributed by atoms with van der Waals surface area (Å²) >= 11 is 0. The molecular weight excluding hydrogens is 356 g/mol. The fraction of sp³-hybridized carbons (Fsp3) is 0.154. The highest BCUT2D eigenvalue weighted by Crippen LogP contribution is 2.42. The summed E-state index contributed by atoms with van der Waals surface area (Å²) in [7, 11) is 0. The van der Waals surface area contributed by atoms with E-state index in [1.165, 1.54) is 0 Å². The molecule has 0 fully saturated rings. The maximum Gasteiger partial charge on any atom is 0.185 e. The van der Waals surface area contributed by atoms with Gasteiger partial charge in [-0.15, -0.1) is 0 Å². The molecule has 0 aliphatic rings. The SMILES string of the molecule is CCCc1cnc(C=O)n1C(c1ccccc1)(c1ccccc1)c1ccccc1. The van der Waals surface area contributed by atoms with Gasteiger partial charge in [0.15, 0.2) is 12.1 Å². The van der Waals surface area contributed by atoms with Gasteiger partial charge in [-0.25, -0.2) is 4.98 Å². The van der Waals surface area contributed by atoms with Gasteiger partial charge in [-0.2, -0.15) is 0 Å². The number of hydrogen-bond acceptors (Lipinski definition) is 2. The second-order valence-electron chi connectivity index (χ2n) is 7.12. The Kier molecular flexibility index (Phi) is 5.39. The van der Waals surface area contributed by atoms with Crippen molar-refractivity contribution in [1.82, 2.24) is 9.55 Å². The van der Waals surface area contributed by atoms with Crippen LogP contribution in [0.3, 0.4) is 0 Å². The molecule has 0 aliphatic heterocycles. The Morgan fingerprint density at radius 2 is 1.24 bits per heavy atom. The summed E-state index contributed by atoms with van der Waals surface area (Å²) in [5.74, 6) is 0.435. The molecule has 0 bridgehead atoms. The van der Waals surface area contributed by atoms with Crippen molar-refractivity contribution in [3.63, 3.8) is 0 Å². The van der Waals surface area contributed by atoms with E-state index in [0.29, 0.717) is 5.82 Å². The molecule has 144 valence electrons. The molecule has 0 radical (unpaired) electrons. The first-order valence-electron chi connectivity index (χ1n) is 10.0. The lowest BCUT2D eigenvalue weighted by Gasteiger charge is -2.39. The lowest BCUT2D eigenvalue weighted by atomic mass is 9.76. The van der Waals surface area contributed by atoms with Gasteiger partial charge in [0, 0.05) is 11.9 Å². The molecule has 0 unspecified atom stereocenters. The van der Waals surface area contributed by atoms with E-state index < -0.39 is 5.54 Å². The monoisotopic (exact) mass is 380 g/mol. The van der Waals surface area contributed by atoms with E-state index in [-0.39, 0.29) is 0 Å². The van der Waals surface area contributed by atoms with Crippen molar-refractivity contribution < 1.29 is 4.79 Å². The van der Waals surface area contributed by atoms with Crippen LogP contribution in [0.25, 0.3) is 0 Å². The van der Waals surface area contributed by atoms with Crippen molar-refractivity contribution in [1.29, 1.82) is 0 Å². The molecule has 0 aliphatic carbocycles. The average molecular weight is 380 g/mol. The van der Waals surface area contributed by atoms with Gasteiger partial charge in [0.1, 0.15) is 5.54 Å². The zero-order valence-corrected chi connectivity index (χ0v) is 16.5. The molecule has 0 saturated heterocycles. The van der Waals surface area contributed by atoms with Gasteiger partial charge >= 0.3 is 0 Å². The standard InChI is InChI=1S/C26H24N2O/c1-2-12-24-19-27-25(20-29)28(24)26(21-13-6-3-7-14-21,22-15-8-4-9-16-22)23-17-10-5-11-18-23/h3-11,13-20H,2,12H2,1H3. The third-order valence-electron chi connectivity index (χ3n) is 5.38. The first-order valence-corrected chi connectivity index (χ1v) is 10.0. The van der Waals surface area contributed by atoms with Crippen LogP contribution in [-0.2, 0) is 12.0 Å². The van der Waals surface area contributed by atoms with Gasteiger partial charge in [-0.3, -0.25) is 4.79 Å². The fourth-order valence-electron chi connectivity index (χ4n) is 4.23. The minimum absolute atomic E-state index is 0.435. The topological polar surface area (TPSA) is 34.9 Å². The average Bonchev–Trinajstić information content (AvgIpc) is 3.20. The fourth-order valence-corrected chi connectivity index (χ4v) is 4.23. The quantitative estimate of drug-likeness (QED) is 0.314.